The number of aromatic carboxylic acids is 1. The minimum atomic E-state index is -1.18. The summed E-state index contributed by atoms with van der Waals surface area (Å²) in [7, 11) is 1.59. The van der Waals surface area contributed by atoms with E-state index in [4.69, 9.17) is 15.6 Å². The molecule has 5 nitrogen and oxygen atoms in total. The molecule has 6 heteroatoms. The number of hydrogen-bond acceptors (Lipinski definition) is 4. The quantitative estimate of drug-likeness (QED) is 0.676. The second-order valence-corrected chi connectivity index (χ2v) is 4.17. The van der Waals surface area contributed by atoms with Gasteiger partial charge in [-0.25, -0.2) is 9.18 Å². The van der Waals surface area contributed by atoms with Gasteiger partial charge in [-0.3, -0.25) is 0 Å². The zero-order chi connectivity index (χ0) is 13.7. The fourth-order valence-electron chi connectivity index (χ4n) is 1.54. The Morgan fingerprint density at radius 2 is 2.28 bits per heavy atom. The zero-order valence-electron chi connectivity index (χ0n) is 10.4. The van der Waals surface area contributed by atoms with E-state index in [0.29, 0.717) is 13.2 Å². The molecule has 0 bridgehead atoms. The molecule has 0 radical (unpaired) electrons. The van der Waals surface area contributed by atoms with Gasteiger partial charge in [-0.1, -0.05) is 6.92 Å². The van der Waals surface area contributed by atoms with Crippen molar-refractivity contribution in [1.29, 1.82) is 0 Å². The van der Waals surface area contributed by atoms with Crippen LogP contribution >= 0.6 is 0 Å². The third-order valence-corrected chi connectivity index (χ3v) is 2.46. The van der Waals surface area contributed by atoms with Crippen LogP contribution in [0.2, 0.25) is 0 Å². The number of halogens is 1. The number of carboxylic acids is 1. The molecule has 1 unspecified atom stereocenters. The summed E-state index contributed by atoms with van der Waals surface area (Å²) in [5.41, 5.74) is 5.36. The molecule has 0 amide bonds. The fraction of sp³-hybridized carbons (Fsp3) is 0.417. The number of nitrogens with two attached hydrogens (primary N) is 1. The molecule has 0 aromatic heterocycles. The molecular weight excluding hydrogens is 239 g/mol. The Morgan fingerprint density at radius 1 is 1.61 bits per heavy atom. The van der Waals surface area contributed by atoms with Crippen LogP contribution in [0.4, 0.5) is 15.8 Å². The lowest BCUT2D eigenvalue weighted by Crippen LogP contribution is -2.17. The highest BCUT2D eigenvalue weighted by Gasteiger charge is 2.13. The maximum atomic E-state index is 13.6. The molecule has 0 heterocycles. The molecule has 1 rings (SSSR count). The molecule has 0 aliphatic rings. The van der Waals surface area contributed by atoms with Gasteiger partial charge in [0, 0.05) is 19.3 Å². The summed E-state index contributed by atoms with van der Waals surface area (Å²) in [5.74, 6) is -1.57. The first-order valence-electron chi connectivity index (χ1n) is 5.50. The molecule has 100 valence electrons. The number of rotatable bonds is 6. The summed E-state index contributed by atoms with van der Waals surface area (Å²) < 4.78 is 18.5. The highest BCUT2D eigenvalue weighted by molar-refractivity contribution is 5.94. The Morgan fingerprint density at radius 3 is 2.83 bits per heavy atom. The van der Waals surface area contributed by atoms with Crippen molar-refractivity contribution in [1.82, 2.24) is 0 Å². The van der Waals surface area contributed by atoms with E-state index in [1.807, 2.05) is 6.92 Å². The molecular formula is C12H17FN2O3. The average molecular weight is 256 g/mol. The number of anilines is 2. The van der Waals surface area contributed by atoms with Gasteiger partial charge in [-0.05, 0) is 18.1 Å². The standard InChI is InChI=1S/C12H17FN2O3/c1-7(6-18-2)5-15-11-3-8(12(16)17)10(14)4-9(11)13/h3-4,7,15H,5-6,14H2,1-2H3,(H,16,17). The lowest BCUT2D eigenvalue weighted by molar-refractivity contribution is 0.0698. The van der Waals surface area contributed by atoms with Crippen LogP contribution < -0.4 is 11.1 Å². The van der Waals surface area contributed by atoms with Crippen molar-refractivity contribution in [3.8, 4) is 0 Å². The summed E-state index contributed by atoms with van der Waals surface area (Å²) in [6.07, 6.45) is 0. The van der Waals surface area contributed by atoms with Gasteiger partial charge in [0.15, 0.2) is 0 Å². The Hall–Kier alpha value is -1.82. The number of methoxy groups -OCH3 is 1. The number of ether oxygens (including phenoxy) is 1. The number of nitrogen functional groups attached to an aromatic ring is 1. The molecule has 0 aliphatic carbocycles. The number of hydrogen-bond donors (Lipinski definition) is 3. The van der Waals surface area contributed by atoms with Crippen molar-refractivity contribution in [3.63, 3.8) is 0 Å². The lowest BCUT2D eigenvalue weighted by Gasteiger charge is -2.14. The van der Waals surface area contributed by atoms with Gasteiger partial charge >= 0.3 is 5.97 Å². The first-order valence-corrected chi connectivity index (χ1v) is 5.50. The van der Waals surface area contributed by atoms with Crippen LogP contribution in [0.3, 0.4) is 0 Å². The fourth-order valence-corrected chi connectivity index (χ4v) is 1.54. The summed E-state index contributed by atoms with van der Waals surface area (Å²) in [5, 5.41) is 11.7. The predicted molar refractivity (Wildman–Crippen MR) is 67.3 cm³/mol. The summed E-state index contributed by atoms with van der Waals surface area (Å²) >= 11 is 0. The zero-order valence-corrected chi connectivity index (χ0v) is 10.4. The van der Waals surface area contributed by atoms with Crippen LogP contribution in [0.1, 0.15) is 17.3 Å². The van der Waals surface area contributed by atoms with Crippen LogP contribution in [0.5, 0.6) is 0 Å². The monoisotopic (exact) mass is 256 g/mol. The normalized spacial score (nSPS) is 12.2. The van der Waals surface area contributed by atoms with Crippen LogP contribution in [-0.4, -0.2) is 31.3 Å². The number of carboxylic acid groups (broad SMARTS) is 1. The summed E-state index contributed by atoms with van der Waals surface area (Å²) in [6.45, 7) is 2.95. The molecule has 1 aromatic rings. The van der Waals surface area contributed by atoms with Gasteiger partial charge in [0.05, 0.1) is 17.9 Å². The summed E-state index contributed by atoms with van der Waals surface area (Å²) in [6, 6.07) is 2.21. The van der Waals surface area contributed by atoms with Crippen LogP contribution in [0.25, 0.3) is 0 Å². The third-order valence-electron chi connectivity index (χ3n) is 2.46. The van der Waals surface area contributed by atoms with E-state index in [1.54, 1.807) is 7.11 Å². The van der Waals surface area contributed by atoms with E-state index in [0.717, 1.165) is 6.07 Å². The number of carbonyl (C=O) groups is 1. The van der Waals surface area contributed by atoms with Crippen molar-refractivity contribution >= 4 is 17.3 Å². The van der Waals surface area contributed by atoms with Crippen molar-refractivity contribution in [2.75, 3.05) is 31.3 Å². The Kier molecular flexibility index (Phi) is 4.91. The Labute approximate surface area is 105 Å². The van der Waals surface area contributed by atoms with Gasteiger partial charge in [-0.2, -0.15) is 0 Å². The minimum absolute atomic E-state index is 0.0875. The van der Waals surface area contributed by atoms with Gasteiger partial charge in [0.25, 0.3) is 0 Å². The van der Waals surface area contributed by atoms with E-state index >= 15 is 0 Å². The largest absolute Gasteiger partial charge is 0.478 e. The first kappa shape index (κ1) is 14.2. The van der Waals surface area contributed by atoms with Crippen molar-refractivity contribution in [3.05, 3.63) is 23.5 Å². The molecule has 1 atom stereocenters. The van der Waals surface area contributed by atoms with Crippen LogP contribution in [-0.2, 0) is 4.74 Å². The maximum absolute atomic E-state index is 13.6. The number of benzene rings is 1. The topological polar surface area (TPSA) is 84.6 Å². The molecule has 4 N–H and O–H groups in total. The minimum Gasteiger partial charge on any atom is -0.478 e. The van der Waals surface area contributed by atoms with Gasteiger partial charge < -0.3 is 20.9 Å². The van der Waals surface area contributed by atoms with E-state index in [-0.39, 0.29) is 22.9 Å². The SMILES string of the molecule is COCC(C)CNc1cc(C(=O)O)c(N)cc1F. The van der Waals surface area contributed by atoms with Crippen molar-refractivity contribution in [2.45, 2.75) is 6.92 Å². The van der Waals surface area contributed by atoms with Gasteiger partial charge in [0.2, 0.25) is 0 Å². The Balaban J connectivity index is 2.82. The van der Waals surface area contributed by atoms with Crippen molar-refractivity contribution < 1.29 is 19.0 Å². The molecule has 0 aliphatic heterocycles. The predicted octanol–water partition coefficient (Wildman–Crippen LogP) is 1.80. The van der Waals surface area contributed by atoms with E-state index in [2.05, 4.69) is 5.32 Å². The van der Waals surface area contributed by atoms with E-state index in [9.17, 15) is 9.18 Å². The second-order valence-electron chi connectivity index (χ2n) is 4.17. The smallest absolute Gasteiger partial charge is 0.337 e. The van der Waals surface area contributed by atoms with Crippen LogP contribution in [0.15, 0.2) is 12.1 Å². The van der Waals surface area contributed by atoms with Gasteiger partial charge in [-0.15, -0.1) is 0 Å². The Bertz CT molecular complexity index is 438. The van der Waals surface area contributed by atoms with E-state index in [1.165, 1.54) is 6.07 Å². The lowest BCUT2D eigenvalue weighted by atomic mass is 10.1. The van der Waals surface area contributed by atoms with Gasteiger partial charge in [0.1, 0.15) is 5.82 Å². The number of nitrogens with one attached hydrogen (secondary N) is 1. The molecule has 0 saturated carbocycles. The average Bonchev–Trinajstić information content (AvgIpc) is 2.27. The van der Waals surface area contributed by atoms with E-state index < -0.39 is 11.8 Å². The summed E-state index contributed by atoms with van der Waals surface area (Å²) in [4.78, 5) is 10.9. The molecule has 0 fully saturated rings. The van der Waals surface area contributed by atoms with Crippen molar-refractivity contribution in [2.24, 2.45) is 5.92 Å². The molecule has 0 saturated heterocycles. The molecule has 0 spiro atoms. The molecule has 1 aromatic carbocycles. The highest BCUT2D eigenvalue weighted by Crippen LogP contribution is 2.22. The maximum Gasteiger partial charge on any atom is 0.337 e. The second kappa shape index (κ2) is 6.20. The molecule has 18 heavy (non-hydrogen) atoms. The van der Waals surface area contributed by atoms with Crippen LogP contribution in [0, 0.1) is 11.7 Å². The highest BCUT2D eigenvalue weighted by atomic mass is 19.1. The third kappa shape index (κ3) is 3.59. The first-order chi connectivity index (χ1) is 8.45.